The maximum atomic E-state index is 15.0. The van der Waals surface area contributed by atoms with Crippen LogP contribution in [0.2, 0.25) is 0 Å². The Balaban J connectivity index is 1.90. The van der Waals surface area contributed by atoms with Crippen molar-refractivity contribution in [2.45, 2.75) is 556 Å². The molecule has 0 bridgehead atoms. The van der Waals surface area contributed by atoms with Gasteiger partial charge in [0, 0.05) is 25.7 Å². The Hall–Kier alpha value is -2.53. The summed E-state index contributed by atoms with van der Waals surface area (Å²) < 4.78 is 73.7. The molecule has 2 heterocycles. The zero-order valence-electron chi connectivity index (χ0n) is 77.2. The molecular weight excluding hydrogens is 1580 g/mol. The van der Waals surface area contributed by atoms with Crippen LogP contribution in [-0.2, 0) is 70.7 Å². The summed E-state index contributed by atoms with van der Waals surface area (Å²) in [6.45, 7) is 8.00. The van der Waals surface area contributed by atoms with Gasteiger partial charge in [0.25, 0.3) is 0 Å². The van der Waals surface area contributed by atoms with Gasteiger partial charge in [-0.25, -0.2) is 4.57 Å². The minimum Gasteiger partial charge on any atom is -0.463 e. The molecule has 19 atom stereocenters. The quantitative estimate of drug-likeness (QED) is 0.0117. The number of hydrogen-bond acceptors (Lipinski definition) is 24. The van der Waals surface area contributed by atoms with Crippen LogP contribution in [-0.4, -0.2) is 205 Å². The number of ether oxygens (including phenoxy) is 8. The molecule has 25 nitrogen and oxygen atoms in total. The minimum atomic E-state index is -5.81. The van der Waals surface area contributed by atoms with Gasteiger partial charge in [0.1, 0.15) is 92.6 Å². The minimum absolute atomic E-state index is 0.0202. The van der Waals surface area contributed by atoms with Crippen LogP contribution in [0.25, 0.3) is 0 Å². The summed E-state index contributed by atoms with van der Waals surface area (Å²) in [4.78, 5) is 66.7. The van der Waals surface area contributed by atoms with Gasteiger partial charge in [-0.2, -0.15) is 0 Å². The highest BCUT2D eigenvalue weighted by Crippen LogP contribution is 2.49. The van der Waals surface area contributed by atoms with E-state index in [0.29, 0.717) is 38.0 Å². The van der Waals surface area contributed by atoms with Crippen molar-refractivity contribution in [1.29, 1.82) is 0 Å². The SMILES string of the molecule is CCCCCCCCCCCCCCCCCCC(=O)OCC1OC(OC2C(OC(=O)CCCCCCCCCCCCCCCCCC)C(O)C(O)C(OC3OC(CO)C(O)C(O)C3O)C2OP(=O)(O)OCC(COC(=O)CCCCCCCCCCCCCCCCC)OC(=O)CCCCCCCCC(C)CCCCCCCC)C(O)C(O)C1O. The number of rotatable bonds is 82. The number of aliphatic hydroxyl groups is 9. The van der Waals surface area contributed by atoms with Gasteiger partial charge < -0.3 is 88.7 Å². The zero-order chi connectivity index (χ0) is 89.1. The van der Waals surface area contributed by atoms with E-state index >= 15 is 0 Å². The molecule has 0 radical (unpaired) electrons. The first-order valence-electron chi connectivity index (χ1n) is 50.2. The smallest absolute Gasteiger partial charge is 0.463 e. The molecule has 122 heavy (non-hydrogen) atoms. The Morgan fingerprint density at radius 1 is 0.320 bits per heavy atom. The highest BCUT2D eigenvalue weighted by Gasteiger charge is 2.60. The van der Waals surface area contributed by atoms with Crippen molar-refractivity contribution in [2.75, 3.05) is 26.4 Å². The van der Waals surface area contributed by atoms with Crippen LogP contribution in [0, 0.1) is 5.92 Å². The molecule has 26 heteroatoms. The van der Waals surface area contributed by atoms with Crippen molar-refractivity contribution >= 4 is 31.7 Å². The Bertz CT molecular complexity index is 2540. The number of phosphoric acid groups is 1. The molecule has 0 aromatic carbocycles. The van der Waals surface area contributed by atoms with E-state index in [9.17, 15) is 74.6 Å². The van der Waals surface area contributed by atoms with Crippen LogP contribution in [0.4, 0.5) is 0 Å². The van der Waals surface area contributed by atoms with Crippen LogP contribution < -0.4 is 0 Å². The van der Waals surface area contributed by atoms with Gasteiger partial charge >= 0.3 is 31.7 Å². The molecule has 1 aliphatic carbocycles. The van der Waals surface area contributed by atoms with Gasteiger partial charge in [-0.05, 0) is 31.6 Å². The molecule has 0 spiro atoms. The van der Waals surface area contributed by atoms with Crippen LogP contribution in [0.3, 0.4) is 0 Å². The molecule has 2 saturated heterocycles. The van der Waals surface area contributed by atoms with Gasteiger partial charge in [-0.3, -0.25) is 28.2 Å². The molecule has 0 aromatic heterocycles. The average Bonchev–Trinajstić information content (AvgIpc) is 0.752. The molecule has 3 aliphatic rings. The lowest BCUT2D eigenvalue weighted by Crippen LogP contribution is -2.70. The summed E-state index contributed by atoms with van der Waals surface area (Å²) in [6.07, 6.45) is 32.0. The number of hydrogen-bond donors (Lipinski definition) is 10. The van der Waals surface area contributed by atoms with Crippen molar-refractivity contribution in [3.8, 4) is 0 Å². The van der Waals surface area contributed by atoms with E-state index in [2.05, 4.69) is 34.6 Å². The van der Waals surface area contributed by atoms with Crippen LogP contribution in [0.15, 0.2) is 0 Å². The summed E-state index contributed by atoms with van der Waals surface area (Å²) in [5.74, 6) is -2.27. The van der Waals surface area contributed by atoms with E-state index in [4.69, 9.17) is 46.9 Å². The average molecular weight is 1770 g/mol. The number of carbonyl (C=O) groups excluding carboxylic acids is 4. The van der Waals surface area contributed by atoms with E-state index in [-0.39, 0.29) is 25.7 Å². The molecule has 720 valence electrons. The fourth-order valence-electron chi connectivity index (χ4n) is 17.0. The number of esters is 4. The molecular formula is C96H181O25P. The van der Waals surface area contributed by atoms with Crippen molar-refractivity contribution < 1.29 is 122 Å². The van der Waals surface area contributed by atoms with Crippen molar-refractivity contribution in [2.24, 2.45) is 5.92 Å². The summed E-state index contributed by atoms with van der Waals surface area (Å²) in [7, 11) is -5.81. The van der Waals surface area contributed by atoms with Crippen LogP contribution in [0.1, 0.15) is 452 Å². The summed E-state index contributed by atoms with van der Waals surface area (Å²) in [6, 6.07) is 0. The molecule has 3 fully saturated rings. The first-order chi connectivity index (χ1) is 59.1. The monoisotopic (exact) mass is 1770 g/mol. The number of aliphatic hydroxyl groups excluding tert-OH is 9. The third kappa shape index (κ3) is 53.6. The Labute approximate surface area is 738 Å². The van der Waals surface area contributed by atoms with Crippen LogP contribution >= 0.6 is 7.82 Å². The number of carbonyl (C=O) groups is 4. The zero-order valence-corrected chi connectivity index (χ0v) is 78.1. The lowest BCUT2D eigenvalue weighted by atomic mass is 9.84. The van der Waals surface area contributed by atoms with Gasteiger partial charge in [0.15, 0.2) is 24.8 Å². The second kappa shape index (κ2) is 74.2. The van der Waals surface area contributed by atoms with E-state index < -0.39 is 162 Å². The highest BCUT2D eigenvalue weighted by atomic mass is 31.2. The molecule has 2 aliphatic heterocycles. The molecule has 0 aromatic rings. The molecule has 10 N–H and O–H groups in total. The third-order valence-electron chi connectivity index (χ3n) is 25.0. The second-order valence-electron chi connectivity index (χ2n) is 36.3. The predicted molar refractivity (Wildman–Crippen MR) is 477 cm³/mol. The first-order valence-corrected chi connectivity index (χ1v) is 51.7. The Kier molecular flexibility index (Phi) is 69.1. The summed E-state index contributed by atoms with van der Waals surface area (Å²) >= 11 is 0. The van der Waals surface area contributed by atoms with Gasteiger partial charge in [0.05, 0.1) is 13.2 Å². The maximum absolute atomic E-state index is 15.0. The Morgan fingerprint density at radius 2 is 0.615 bits per heavy atom. The highest BCUT2D eigenvalue weighted by molar-refractivity contribution is 7.47. The van der Waals surface area contributed by atoms with Gasteiger partial charge in [-0.15, -0.1) is 0 Å². The summed E-state index contributed by atoms with van der Waals surface area (Å²) in [5.41, 5.74) is 0. The van der Waals surface area contributed by atoms with Crippen molar-refractivity contribution in [3.05, 3.63) is 0 Å². The molecule has 19 unspecified atom stereocenters. The normalized spacial score (nSPS) is 24.7. The maximum Gasteiger partial charge on any atom is 0.472 e. The predicted octanol–water partition coefficient (Wildman–Crippen LogP) is 19.6. The van der Waals surface area contributed by atoms with E-state index in [1.54, 1.807) is 0 Å². The number of unbranched alkanes of at least 4 members (excludes halogenated alkanes) is 54. The fourth-order valence-corrected chi connectivity index (χ4v) is 17.9. The lowest BCUT2D eigenvalue weighted by Gasteiger charge is -2.50. The van der Waals surface area contributed by atoms with Crippen molar-refractivity contribution in [1.82, 2.24) is 0 Å². The molecule has 3 rings (SSSR count). The van der Waals surface area contributed by atoms with Gasteiger partial charge in [0.2, 0.25) is 0 Å². The fraction of sp³-hybridized carbons (Fsp3) is 0.958. The topological polar surface area (TPSA) is 380 Å². The lowest BCUT2D eigenvalue weighted by molar-refractivity contribution is -0.360. The largest absolute Gasteiger partial charge is 0.472 e. The van der Waals surface area contributed by atoms with Crippen molar-refractivity contribution in [3.63, 3.8) is 0 Å². The summed E-state index contributed by atoms with van der Waals surface area (Å²) in [5, 5.41) is 103. The van der Waals surface area contributed by atoms with E-state index in [0.717, 1.165) is 128 Å². The van der Waals surface area contributed by atoms with Gasteiger partial charge in [-0.1, -0.05) is 401 Å². The van der Waals surface area contributed by atoms with E-state index in [1.165, 1.54) is 231 Å². The second-order valence-corrected chi connectivity index (χ2v) is 37.7. The number of phosphoric ester groups is 1. The third-order valence-corrected chi connectivity index (χ3v) is 26.0. The molecule has 1 saturated carbocycles. The molecule has 0 amide bonds. The van der Waals surface area contributed by atoms with E-state index in [1.807, 2.05) is 0 Å². The first kappa shape index (κ1) is 114. The van der Waals surface area contributed by atoms with Crippen LogP contribution in [0.5, 0.6) is 0 Å². The Morgan fingerprint density at radius 3 is 0.975 bits per heavy atom. The standard InChI is InChI=1S/C96H181O25P/c1-6-10-14-18-22-25-28-31-34-37-40-43-46-49-56-62-68-80(99)113-74-78-84(103)86(105)90(109)96(117-78)120-93-91(118-82(101)70-64-57-50-47-44-41-38-35-32-29-26-23-19-15-11-7-2)87(106)88(107)92(119-95-89(108)85(104)83(102)77(71-97)116-95)94(93)121-122(110,111)114-73-76(72-112-79(98)67-61-55-48-45-42-39-36-33-30-27-24-20-16-12-8-3)115-81(100)69-63-58-52-51-54-60-66-75(5)65-59-53-21-17-13-9-4/h75-78,83-97,102-109H,6-74H2,1-5H3,(H,110,111).